The van der Waals surface area contributed by atoms with E-state index in [1.807, 2.05) is 19.3 Å². The summed E-state index contributed by atoms with van der Waals surface area (Å²) in [5.74, 6) is 0.301. The van der Waals surface area contributed by atoms with Crippen molar-refractivity contribution in [1.29, 1.82) is 0 Å². The molecule has 24 heavy (non-hydrogen) atoms. The van der Waals surface area contributed by atoms with Crippen LogP contribution in [0.25, 0.3) is 6.20 Å². The molecule has 0 saturated carbocycles. The van der Waals surface area contributed by atoms with E-state index in [9.17, 15) is 4.79 Å². The fourth-order valence-corrected chi connectivity index (χ4v) is 2.88. The van der Waals surface area contributed by atoms with Crippen LogP contribution in [-0.4, -0.2) is 50.2 Å². The summed E-state index contributed by atoms with van der Waals surface area (Å²) in [6.45, 7) is 9.09. The Morgan fingerprint density at radius 2 is 2.29 bits per heavy atom. The molecule has 7 heteroatoms. The second-order valence-electron chi connectivity index (χ2n) is 6.15. The van der Waals surface area contributed by atoms with Crippen molar-refractivity contribution in [3.63, 3.8) is 0 Å². The van der Waals surface area contributed by atoms with Crippen molar-refractivity contribution in [3.8, 4) is 0 Å². The average molecular weight is 326 g/mol. The van der Waals surface area contributed by atoms with Crippen LogP contribution in [0.4, 0.5) is 0 Å². The highest BCUT2D eigenvalue weighted by Gasteiger charge is 2.23. The Morgan fingerprint density at radius 3 is 3.00 bits per heavy atom. The van der Waals surface area contributed by atoms with E-state index in [4.69, 9.17) is 0 Å². The summed E-state index contributed by atoms with van der Waals surface area (Å²) in [6.07, 6.45) is 9.73. The number of carbonyl (C=O) groups excluding carboxylic acids is 1. The molecular weight excluding hydrogens is 304 g/mol. The number of aromatic nitrogens is 4. The Morgan fingerprint density at radius 1 is 1.42 bits per heavy atom. The molecule has 126 valence electrons. The number of nitrogens with zero attached hydrogens (tertiary/aromatic N) is 5. The Hall–Kier alpha value is -2.54. The maximum Gasteiger partial charge on any atom is 0.271 e. The maximum absolute atomic E-state index is 12.1. The van der Waals surface area contributed by atoms with Crippen molar-refractivity contribution in [2.24, 2.45) is 5.92 Å². The molecule has 0 bridgehead atoms. The van der Waals surface area contributed by atoms with Gasteiger partial charge in [-0.2, -0.15) is 5.10 Å². The van der Waals surface area contributed by atoms with E-state index in [1.54, 1.807) is 17.1 Å². The minimum atomic E-state index is -0.159. The Bertz CT molecular complexity index is 708. The molecule has 2 aromatic heterocycles. The Labute approximate surface area is 141 Å². The van der Waals surface area contributed by atoms with Crippen LogP contribution >= 0.6 is 0 Å². The van der Waals surface area contributed by atoms with Gasteiger partial charge in [0, 0.05) is 43.8 Å². The summed E-state index contributed by atoms with van der Waals surface area (Å²) in [5.41, 5.74) is 2.35. The van der Waals surface area contributed by atoms with E-state index in [1.165, 1.54) is 11.8 Å². The normalized spacial score (nSPS) is 17.8. The van der Waals surface area contributed by atoms with E-state index >= 15 is 0 Å². The molecule has 1 saturated heterocycles. The molecule has 0 aliphatic carbocycles. The van der Waals surface area contributed by atoms with Gasteiger partial charge in [-0.3, -0.25) is 14.7 Å². The summed E-state index contributed by atoms with van der Waals surface area (Å²) in [4.78, 5) is 22.7. The first-order valence-electron chi connectivity index (χ1n) is 8.09. The second-order valence-corrected chi connectivity index (χ2v) is 6.15. The van der Waals surface area contributed by atoms with E-state index in [-0.39, 0.29) is 5.91 Å². The fourth-order valence-electron chi connectivity index (χ4n) is 2.88. The van der Waals surface area contributed by atoms with Crippen molar-refractivity contribution >= 4 is 12.1 Å². The summed E-state index contributed by atoms with van der Waals surface area (Å²) in [6, 6.07) is 0. The van der Waals surface area contributed by atoms with Gasteiger partial charge in [0.05, 0.1) is 18.1 Å². The minimum absolute atomic E-state index is 0.159. The number of rotatable bonds is 6. The Kier molecular flexibility index (Phi) is 5.00. The van der Waals surface area contributed by atoms with Crippen LogP contribution in [0.2, 0.25) is 0 Å². The predicted octanol–water partition coefficient (Wildman–Crippen LogP) is 1.33. The molecule has 1 atom stereocenters. The van der Waals surface area contributed by atoms with Crippen LogP contribution in [0.5, 0.6) is 0 Å². The molecule has 0 radical (unpaired) electrons. The largest absolute Gasteiger partial charge is 0.350 e. The third-order valence-electron chi connectivity index (χ3n) is 4.18. The first-order chi connectivity index (χ1) is 11.6. The molecule has 3 rings (SSSR count). The zero-order chi connectivity index (χ0) is 16.9. The molecule has 0 aromatic carbocycles. The van der Waals surface area contributed by atoms with Crippen molar-refractivity contribution in [2.45, 2.75) is 19.9 Å². The molecule has 1 fully saturated rings. The molecular formula is C17H22N6O. The fraction of sp³-hybridized carbons (Fsp3) is 0.412. The van der Waals surface area contributed by atoms with Crippen molar-refractivity contribution in [3.05, 3.63) is 48.3 Å². The van der Waals surface area contributed by atoms with Gasteiger partial charge in [-0.15, -0.1) is 0 Å². The topological polar surface area (TPSA) is 75.9 Å². The van der Waals surface area contributed by atoms with E-state index in [0.717, 1.165) is 31.7 Å². The summed E-state index contributed by atoms with van der Waals surface area (Å²) >= 11 is 0. The third-order valence-corrected chi connectivity index (χ3v) is 4.18. The smallest absolute Gasteiger partial charge is 0.271 e. The molecule has 0 spiro atoms. The third kappa shape index (κ3) is 4.05. The van der Waals surface area contributed by atoms with Crippen molar-refractivity contribution in [2.75, 3.05) is 19.6 Å². The monoisotopic (exact) mass is 326 g/mol. The number of carbonyl (C=O) groups is 1. The van der Waals surface area contributed by atoms with Gasteiger partial charge in [-0.25, -0.2) is 9.67 Å². The molecule has 7 nitrogen and oxygen atoms in total. The minimum Gasteiger partial charge on any atom is -0.350 e. The van der Waals surface area contributed by atoms with Gasteiger partial charge in [0.15, 0.2) is 0 Å². The standard InChI is InChI=1S/C17H22N6O/c1-3-23-12-15(8-21-23)11-22-5-4-14(10-22)7-20-17(24)16-9-18-13(2)6-19-16/h3,6,8-9,12,14H,1,4-5,7,10-11H2,2H3,(H,20,24). The number of hydrogen-bond acceptors (Lipinski definition) is 5. The molecule has 1 unspecified atom stereocenters. The molecule has 1 N–H and O–H groups in total. The lowest BCUT2D eigenvalue weighted by molar-refractivity contribution is 0.0942. The number of likely N-dealkylation sites (tertiary alicyclic amines) is 1. The highest BCUT2D eigenvalue weighted by molar-refractivity contribution is 5.91. The first-order valence-corrected chi connectivity index (χ1v) is 8.09. The van der Waals surface area contributed by atoms with E-state index in [0.29, 0.717) is 18.2 Å². The van der Waals surface area contributed by atoms with Crippen molar-refractivity contribution < 1.29 is 4.79 Å². The van der Waals surface area contributed by atoms with Gasteiger partial charge in [-0.05, 0) is 25.8 Å². The number of amides is 1. The lowest BCUT2D eigenvalue weighted by Crippen LogP contribution is -2.31. The van der Waals surface area contributed by atoms with Crippen LogP contribution in [0.3, 0.4) is 0 Å². The summed E-state index contributed by atoms with van der Waals surface area (Å²) in [7, 11) is 0. The highest BCUT2D eigenvalue weighted by atomic mass is 16.1. The van der Waals surface area contributed by atoms with Crippen LogP contribution in [0.1, 0.15) is 28.2 Å². The van der Waals surface area contributed by atoms with Gasteiger partial charge >= 0.3 is 0 Å². The summed E-state index contributed by atoms with van der Waals surface area (Å²) in [5, 5.41) is 7.16. The van der Waals surface area contributed by atoms with Crippen LogP contribution in [-0.2, 0) is 6.54 Å². The lowest BCUT2D eigenvalue weighted by Gasteiger charge is -2.15. The molecule has 1 aliphatic heterocycles. The molecule has 1 amide bonds. The number of hydrogen-bond donors (Lipinski definition) is 1. The van der Waals surface area contributed by atoms with Crippen LogP contribution < -0.4 is 5.32 Å². The maximum atomic E-state index is 12.1. The van der Waals surface area contributed by atoms with Gasteiger partial charge in [0.25, 0.3) is 5.91 Å². The number of nitrogens with one attached hydrogen (secondary N) is 1. The van der Waals surface area contributed by atoms with Gasteiger partial charge in [0.1, 0.15) is 5.69 Å². The van der Waals surface area contributed by atoms with Gasteiger partial charge in [0.2, 0.25) is 0 Å². The highest BCUT2D eigenvalue weighted by Crippen LogP contribution is 2.18. The van der Waals surface area contributed by atoms with Crippen molar-refractivity contribution in [1.82, 2.24) is 30.0 Å². The Balaban J connectivity index is 1.45. The lowest BCUT2D eigenvalue weighted by atomic mass is 10.1. The zero-order valence-electron chi connectivity index (χ0n) is 13.9. The quantitative estimate of drug-likeness (QED) is 0.867. The van der Waals surface area contributed by atoms with Gasteiger partial charge < -0.3 is 5.32 Å². The summed E-state index contributed by atoms with van der Waals surface area (Å²) < 4.78 is 1.71. The van der Waals surface area contributed by atoms with Crippen LogP contribution in [0.15, 0.2) is 31.4 Å². The van der Waals surface area contributed by atoms with Crippen LogP contribution in [0, 0.1) is 12.8 Å². The molecule has 3 heterocycles. The van der Waals surface area contributed by atoms with Gasteiger partial charge in [-0.1, -0.05) is 6.58 Å². The van der Waals surface area contributed by atoms with E-state index in [2.05, 4.69) is 31.9 Å². The second kappa shape index (κ2) is 7.35. The molecule has 2 aromatic rings. The molecule has 1 aliphatic rings. The predicted molar refractivity (Wildman–Crippen MR) is 91.1 cm³/mol. The first kappa shape index (κ1) is 16.3. The zero-order valence-corrected chi connectivity index (χ0v) is 13.9. The SMILES string of the molecule is C=Cn1cc(CN2CCC(CNC(=O)c3cnc(C)cn3)C2)cn1. The average Bonchev–Trinajstić information content (AvgIpc) is 3.23. The number of aryl methyl sites for hydroxylation is 1. The van der Waals surface area contributed by atoms with E-state index < -0.39 is 0 Å².